The number of amides is 1. The molecule has 0 aromatic carbocycles. The molecule has 1 saturated heterocycles. The molecule has 1 aromatic rings. The molecule has 102 valence electrons. The van der Waals surface area contributed by atoms with Gasteiger partial charge in [-0.25, -0.2) is 4.79 Å². The zero-order valence-electron chi connectivity index (χ0n) is 10.5. The van der Waals surface area contributed by atoms with Crippen LogP contribution in [0.5, 0.6) is 0 Å². The van der Waals surface area contributed by atoms with Crippen LogP contribution in [0.4, 0.5) is 0 Å². The molecule has 1 atom stereocenters. The molecule has 0 saturated carbocycles. The lowest BCUT2D eigenvalue weighted by atomic mass is 10.1. The SMILES string of the molecule is O=C(O)c1ccc(C(=O)N2CCC(CCO)C2)nc1. The molecular formula is C13H16N2O4. The fourth-order valence-electron chi connectivity index (χ4n) is 2.24. The largest absolute Gasteiger partial charge is 0.478 e. The van der Waals surface area contributed by atoms with Gasteiger partial charge in [0.1, 0.15) is 5.69 Å². The highest BCUT2D eigenvalue weighted by molar-refractivity contribution is 5.93. The summed E-state index contributed by atoms with van der Waals surface area (Å²) in [7, 11) is 0. The first-order valence-electron chi connectivity index (χ1n) is 6.21. The Bertz CT molecular complexity index is 472. The summed E-state index contributed by atoms with van der Waals surface area (Å²) in [5, 5.41) is 17.6. The number of likely N-dealkylation sites (tertiary alicyclic amines) is 1. The third-order valence-corrected chi connectivity index (χ3v) is 3.34. The Labute approximate surface area is 110 Å². The van der Waals surface area contributed by atoms with Crippen molar-refractivity contribution in [2.75, 3.05) is 19.7 Å². The lowest BCUT2D eigenvalue weighted by Crippen LogP contribution is -2.29. The van der Waals surface area contributed by atoms with Gasteiger partial charge in [-0.2, -0.15) is 0 Å². The number of aromatic nitrogens is 1. The molecular weight excluding hydrogens is 248 g/mol. The standard InChI is InChI=1S/C13H16N2O4/c16-6-4-9-3-5-15(8-9)12(17)11-2-1-10(7-14-11)13(18)19/h1-2,7,9,16H,3-6,8H2,(H,18,19). The molecule has 1 aliphatic rings. The van der Waals surface area contributed by atoms with Gasteiger partial charge in [-0.05, 0) is 30.9 Å². The van der Waals surface area contributed by atoms with Crippen LogP contribution in [0.15, 0.2) is 18.3 Å². The molecule has 2 N–H and O–H groups in total. The van der Waals surface area contributed by atoms with Crippen molar-refractivity contribution in [1.29, 1.82) is 0 Å². The fraction of sp³-hybridized carbons (Fsp3) is 0.462. The maximum atomic E-state index is 12.1. The van der Waals surface area contributed by atoms with Crippen molar-refractivity contribution in [1.82, 2.24) is 9.88 Å². The maximum Gasteiger partial charge on any atom is 0.337 e. The Morgan fingerprint density at radius 2 is 2.21 bits per heavy atom. The second kappa shape index (κ2) is 5.79. The number of aromatic carboxylic acids is 1. The molecule has 0 radical (unpaired) electrons. The minimum Gasteiger partial charge on any atom is -0.478 e. The molecule has 2 heterocycles. The van der Waals surface area contributed by atoms with E-state index >= 15 is 0 Å². The van der Waals surface area contributed by atoms with Crippen molar-refractivity contribution in [3.8, 4) is 0 Å². The van der Waals surface area contributed by atoms with Gasteiger partial charge in [-0.15, -0.1) is 0 Å². The molecule has 0 spiro atoms. The molecule has 0 aliphatic carbocycles. The Morgan fingerprint density at radius 1 is 1.42 bits per heavy atom. The van der Waals surface area contributed by atoms with Crippen LogP contribution < -0.4 is 0 Å². The van der Waals surface area contributed by atoms with E-state index in [0.29, 0.717) is 25.4 Å². The van der Waals surface area contributed by atoms with Crippen molar-refractivity contribution >= 4 is 11.9 Å². The molecule has 1 aliphatic heterocycles. The first kappa shape index (κ1) is 13.5. The van der Waals surface area contributed by atoms with Crippen molar-refractivity contribution in [2.45, 2.75) is 12.8 Å². The smallest absolute Gasteiger partial charge is 0.337 e. The molecule has 1 unspecified atom stereocenters. The van der Waals surface area contributed by atoms with Crippen LogP contribution in [0.2, 0.25) is 0 Å². The summed E-state index contributed by atoms with van der Waals surface area (Å²) in [5.41, 5.74) is 0.325. The Morgan fingerprint density at radius 3 is 2.79 bits per heavy atom. The number of carboxylic acid groups (broad SMARTS) is 1. The van der Waals surface area contributed by atoms with E-state index in [1.54, 1.807) is 4.90 Å². The summed E-state index contributed by atoms with van der Waals surface area (Å²) in [4.78, 5) is 28.4. The number of hydrogen-bond acceptors (Lipinski definition) is 4. The average Bonchev–Trinajstić information content (AvgIpc) is 2.87. The highest BCUT2D eigenvalue weighted by Crippen LogP contribution is 2.20. The number of hydrogen-bond donors (Lipinski definition) is 2. The Balaban J connectivity index is 2.02. The predicted molar refractivity (Wildman–Crippen MR) is 66.9 cm³/mol. The third kappa shape index (κ3) is 3.08. The summed E-state index contributed by atoms with van der Waals surface area (Å²) in [5.74, 6) is -0.902. The van der Waals surface area contributed by atoms with Gasteiger partial charge in [0.15, 0.2) is 0 Å². The van der Waals surface area contributed by atoms with Gasteiger partial charge in [0.2, 0.25) is 0 Å². The molecule has 2 rings (SSSR count). The fourth-order valence-corrected chi connectivity index (χ4v) is 2.24. The summed E-state index contributed by atoms with van der Waals surface area (Å²) in [6.07, 6.45) is 2.78. The number of pyridine rings is 1. The van der Waals surface area contributed by atoms with E-state index in [0.717, 1.165) is 6.42 Å². The van der Waals surface area contributed by atoms with Gasteiger partial charge >= 0.3 is 5.97 Å². The highest BCUT2D eigenvalue weighted by Gasteiger charge is 2.27. The van der Waals surface area contributed by atoms with Crippen molar-refractivity contribution < 1.29 is 19.8 Å². The van der Waals surface area contributed by atoms with E-state index < -0.39 is 5.97 Å². The number of nitrogens with zero attached hydrogens (tertiary/aromatic N) is 2. The normalized spacial score (nSPS) is 18.6. The van der Waals surface area contributed by atoms with Crippen LogP contribution in [-0.4, -0.2) is 51.7 Å². The van der Waals surface area contributed by atoms with Crippen molar-refractivity contribution in [2.24, 2.45) is 5.92 Å². The molecule has 19 heavy (non-hydrogen) atoms. The van der Waals surface area contributed by atoms with Gasteiger partial charge in [-0.3, -0.25) is 9.78 Å². The number of aliphatic hydroxyl groups excluding tert-OH is 1. The van der Waals surface area contributed by atoms with Crippen LogP contribution in [0, 0.1) is 5.92 Å². The maximum absolute atomic E-state index is 12.1. The Hall–Kier alpha value is -1.95. The van der Waals surface area contributed by atoms with E-state index in [1.807, 2.05) is 0 Å². The molecule has 6 nitrogen and oxygen atoms in total. The predicted octanol–water partition coefficient (Wildman–Crippen LogP) is 0.624. The number of carboxylic acids is 1. The van der Waals surface area contributed by atoms with Gasteiger partial charge in [0, 0.05) is 25.9 Å². The van der Waals surface area contributed by atoms with E-state index in [1.165, 1.54) is 18.3 Å². The first-order chi connectivity index (χ1) is 9.11. The van der Waals surface area contributed by atoms with E-state index in [9.17, 15) is 9.59 Å². The van der Waals surface area contributed by atoms with E-state index in [4.69, 9.17) is 10.2 Å². The highest BCUT2D eigenvalue weighted by atomic mass is 16.4. The summed E-state index contributed by atoms with van der Waals surface area (Å²) >= 11 is 0. The number of carbonyl (C=O) groups excluding carboxylic acids is 1. The zero-order chi connectivity index (χ0) is 13.8. The van der Waals surface area contributed by atoms with Crippen molar-refractivity contribution in [3.05, 3.63) is 29.6 Å². The van der Waals surface area contributed by atoms with Crippen molar-refractivity contribution in [3.63, 3.8) is 0 Å². The van der Waals surface area contributed by atoms with E-state index in [2.05, 4.69) is 4.98 Å². The van der Waals surface area contributed by atoms with Crippen LogP contribution in [0.3, 0.4) is 0 Å². The minimum atomic E-state index is -1.06. The second-order valence-electron chi connectivity index (χ2n) is 4.66. The first-order valence-corrected chi connectivity index (χ1v) is 6.21. The zero-order valence-corrected chi connectivity index (χ0v) is 10.5. The summed E-state index contributed by atoms with van der Waals surface area (Å²) < 4.78 is 0. The van der Waals surface area contributed by atoms with Crippen LogP contribution in [0.1, 0.15) is 33.7 Å². The quantitative estimate of drug-likeness (QED) is 0.832. The monoisotopic (exact) mass is 264 g/mol. The third-order valence-electron chi connectivity index (χ3n) is 3.34. The van der Waals surface area contributed by atoms with Crippen LogP contribution >= 0.6 is 0 Å². The topological polar surface area (TPSA) is 90.7 Å². The van der Waals surface area contributed by atoms with Crippen LogP contribution in [0.25, 0.3) is 0 Å². The Kier molecular flexibility index (Phi) is 4.11. The molecule has 0 bridgehead atoms. The number of carbonyl (C=O) groups is 2. The molecule has 1 aromatic heterocycles. The molecule has 1 fully saturated rings. The van der Waals surface area contributed by atoms with Gasteiger partial charge in [-0.1, -0.05) is 0 Å². The van der Waals surface area contributed by atoms with E-state index in [-0.39, 0.29) is 23.8 Å². The van der Waals surface area contributed by atoms with Crippen LogP contribution in [-0.2, 0) is 0 Å². The number of aliphatic hydroxyl groups is 1. The summed E-state index contributed by atoms with van der Waals surface area (Å²) in [6.45, 7) is 1.42. The average molecular weight is 264 g/mol. The number of rotatable bonds is 4. The molecule has 1 amide bonds. The minimum absolute atomic E-state index is 0.0659. The van der Waals surface area contributed by atoms with Gasteiger partial charge < -0.3 is 15.1 Å². The molecule has 6 heteroatoms. The van der Waals surface area contributed by atoms with Gasteiger partial charge in [0.05, 0.1) is 5.56 Å². The summed E-state index contributed by atoms with van der Waals surface area (Å²) in [6, 6.07) is 2.81. The lowest BCUT2D eigenvalue weighted by molar-refractivity contribution is 0.0694. The lowest BCUT2D eigenvalue weighted by Gasteiger charge is -2.15. The van der Waals surface area contributed by atoms with Gasteiger partial charge in [0.25, 0.3) is 5.91 Å². The second-order valence-corrected chi connectivity index (χ2v) is 4.66.